The molecule has 12 heteroatoms. The molecule has 2 saturated heterocycles. The van der Waals surface area contributed by atoms with Crippen molar-refractivity contribution in [1.82, 2.24) is 4.98 Å². The number of benzene rings is 1. The Hall–Kier alpha value is -2.31. The monoisotopic (exact) mass is 459 g/mol. The molecule has 1 aromatic carbocycles. The van der Waals surface area contributed by atoms with E-state index in [0.29, 0.717) is 38.6 Å². The Bertz CT molecular complexity index is 1100. The third-order valence-electron chi connectivity index (χ3n) is 5.62. The summed E-state index contributed by atoms with van der Waals surface area (Å²) < 4.78 is 52.1. The van der Waals surface area contributed by atoms with Gasteiger partial charge in [0.15, 0.2) is 10.9 Å². The van der Waals surface area contributed by atoms with E-state index in [0.717, 1.165) is 11.3 Å². The molecule has 0 N–H and O–H groups in total. The normalized spacial score (nSPS) is 21.2. The van der Waals surface area contributed by atoms with Crippen LogP contribution < -0.4 is 10.5 Å². The third-order valence-corrected chi connectivity index (χ3v) is 6.77. The SMILES string of the molecule is CCc1c(C(F)(F)F)cc([N+](=O)[O-])c2sc(N3CCC4(CC3)OCC(C)O4)nc(=O)c12. The fourth-order valence-electron chi connectivity index (χ4n) is 4.17. The summed E-state index contributed by atoms with van der Waals surface area (Å²) in [6.07, 6.45) is -3.90. The molecule has 3 heterocycles. The van der Waals surface area contributed by atoms with Gasteiger partial charge in [-0.2, -0.15) is 18.2 Å². The van der Waals surface area contributed by atoms with Gasteiger partial charge < -0.3 is 14.4 Å². The second kappa shape index (κ2) is 7.68. The second-order valence-electron chi connectivity index (χ2n) is 7.67. The van der Waals surface area contributed by atoms with E-state index in [-0.39, 0.29) is 33.3 Å². The maximum atomic E-state index is 13.5. The van der Waals surface area contributed by atoms with Crippen LogP contribution >= 0.6 is 11.3 Å². The lowest BCUT2D eigenvalue weighted by molar-refractivity contribution is -0.383. The Morgan fingerprint density at radius 1 is 1.39 bits per heavy atom. The molecule has 1 atom stereocenters. The van der Waals surface area contributed by atoms with Gasteiger partial charge in [-0.05, 0) is 18.9 Å². The van der Waals surface area contributed by atoms with Gasteiger partial charge in [-0.3, -0.25) is 14.9 Å². The van der Waals surface area contributed by atoms with E-state index in [4.69, 9.17) is 9.47 Å². The lowest BCUT2D eigenvalue weighted by atomic mass is 10.00. The summed E-state index contributed by atoms with van der Waals surface area (Å²) >= 11 is 0.867. The van der Waals surface area contributed by atoms with Crippen LogP contribution in [0.15, 0.2) is 10.9 Å². The topological polar surface area (TPSA) is 94.8 Å². The van der Waals surface area contributed by atoms with Crippen LogP contribution in [0.4, 0.5) is 24.0 Å². The first-order valence-electron chi connectivity index (χ1n) is 9.83. The number of non-ortho nitro benzene ring substituents is 1. The highest BCUT2D eigenvalue weighted by Gasteiger charge is 2.43. The third kappa shape index (κ3) is 3.87. The minimum Gasteiger partial charge on any atom is -0.348 e. The number of ether oxygens (including phenoxy) is 2. The Morgan fingerprint density at radius 3 is 2.58 bits per heavy atom. The van der Waals surface area contributed by atoms with Crippen LogP contribution in [0.25, 0.3) is 10.1 Å². The van der Waals surface area contributed by atoms with Crippen LogP contribution in [-0.2, 0) is 22.1 Å². The number of aryl methyl sites for hydroxylation is 1. The van der Waals surface area contributed by atoms with Crippen molar-refractivity contribution < 1.29 is 27.6 Å². The number of nitrogens with zero attached hydrogens (tertiary/aromatic N) is 3. The van der Waals surface area contributed by atoms with Gasteiger partial charge in [0, 0.05) is 32.0 Å². The van der Waals surface area contributed by atoms with Gasteiger partial charge in [0.1, 0.15) is 4.70 Å². The Kier molecular flexibility index (Phi) is 5.42. The van der Waals surface area contributed by atoms with Gasteiger partial charge in [0.2, 0.25) is 0 Å². The van der Waals surface area contributed by atoms with Gasteiger partial charge >= 0.3 is 6.18 Å². The van der Waals surface area contributed by atoms with E-state index in [1.54, 1.807) is 4.90 Å². The number of rotatable bonds is 3. The van der Waals surface area contributed by atoms with Gasteiger partial charge in [-0.1, -0.05) is 18.3 Å². The fraction of sp³-hybridized carbons (Fsp3) is 0.579. The Morgan fingerprint density at radius 2 is 2.06 bits per heavy atom. The van der Waals surface area contributed by atoms with E-state index < -0.39 is 33.7 Å². The number of nitro groups is 1. The van der Waals surface area contributed by atoms with Crippen LogP contribution in [0.2, 0.25) is 0 Å². The zero-order valence-electron chi connectivity index (χ0n) is 16.8. The number of aromatic nitrogens is 1. The van der Waals surface area contributed by atoms with E-state index >= 15 is 0 Å². The number of nitro benzene ring substituents is 1. The molecule has 4 rings (SSSR count). The van der Waals surface area contributed by atoms with Gasteiger partial charge in [-0.25, -0.2) is 0 Å². The summed E-state index contributed by atoms with van der Waals surface area (Å²) in [5.41, 5.74) is -3.07. The molecule has 2 aromatic rings. The molecule has 168 valence electrons. The number of hydrogen-bond acceptors (Lipinski definition) is 8. The first-order chi connectivity index (χ1) is 14.5. The van der Waals surface area contributed by atoms with E-state index in [1.807, 2.05) is 6.92 Å². The van der Waals surface area contributed by atoms with Crippen molar-refractivity contribution in [3.05, 3.63) is 37.7 Å². The second-order valence-corrected chi connectivity index (χ2v) is 8.65. The number of halogens is 3. The summed E-state index contributed by atoms with van der Waals surface area (Å²) in [6.45, 7) is 4.76. The van der Waals surface area contributed by atoms with Crippen LogP contribution in [0.5, 0.6) is 0 Å². The van der Waals surface area contributed by atoms with Crippen LogP contribution in [0.1, 0.15) is 37.8 Å². The molecule has 8 nitrogen and oxygen atoms in total. The molecule has 0 aliphatic carbocycles. The van der Waals surface area contributed by atoms with E-state index in [9.17, 15) is 28.1 Å². The molecular weight excluding hydrogens is 439 g/mol. The standard InChI is InChI=1S/C19H20F3N3O5S/c1-3-11-12(19(20,21)22)8-13(25(27)28)15-14(11)16(26)23-17(31-15)24-6-4-18(5-7-24)29-9-10(2)30-18/h8,10H,3-7,9H2,1-2H3. The van der Waals surface area contributed by atoms with Crippen molar-refractivity contribution >= 4 is 32.2 Å². The maximum absolute atomic E-state index is 13.5. The molecule has 31 heavy (non-hydrogen) atoms. The summed E-state index contributed by atoms with van der Waals surface area (Å²) in [7, 11) is 0. The number of alkyl halides is 3. The van der Waals surface area contributed by atoms with Crippen molar-refractivity contribution in [2.75, 3.05) is 24.6 Å². The molecule has 0 radical (unpaired) electrons. The molecule has 1 aromatic heterocycles. The minimum atomic E-state index is -4.82. The van der Waals surface area contributed by atoms with Gasteiger partial charge in [-0.15, -0.1) is 0 Å². The molecule has 1 spiro atoms. The summed E-state index contributed by atoms with van der Waals surface area (Å²) in [4.78, 5) is 29.3. The van der Waals surface area contributed by atoms with Crippen LogP contribution in [0.3, 0.4) is 0 Å². The highest BCUT2D eigenvalue weighted by molar-refractivity contribution is 7.22. The molecule has 0 amide bonds. The highest BCUT2D eigenvalue weighted by atomic mass is 32.1. The maximum Gasteiger partial charge on any atom is 0.416 e. The largest absolute Gasteiger partial charge is 0.416 e. The Labute approximate surface area is 178 Å². The minimum absolute atomic E-state index is 0.0145. The summed E-state index contributed by atoms with van der Waals surface area (Å²) in [5.74, 6) is -0.680. The van der Waals surface area contributed by atoms with Crippen LogP contribution in [-0.4, -0.2) is 41.5 Å². The zero-order valence-corrected chi connectivity index (χ0v) is 17.6. The summed E-state index contributed by atoms with van der Waals surface area (Å²) in [5, 5.41) is 11.5. The molecule has 2 fully saturated rings. The number of anilines is 1. The number of hydrogen-bond donors (Lipinski definition) is 0. The van der Waals surface area contributed by atoms with Crippen molar-refractivity contribution in [2.24, 2.45) is 0 Å². The van der Waals surface area contributed by atoms with E-state index in [1.165, 1.54) is 6.92 Å². The highest BCUT2D eigenvalue weighted by Crippen LogP contribution is 2.42. The smallest absolute Gasteiger partial charge is 0.348 e. The number of fused-ring (bicyclic) bond motifs is 1. The fourth-order valence-corrected chi connectivity index (χ4v) is 5.34. The predicted molar refractivity (Wildman–Crippen MR) is 108 cm³/mol. The molecular formula is C19H20F3N3O5S. The first kappa shape index (κ1) is 21.9. The van der Waals surface area contributed by atoms with Gasteiger partial charge in [0.05, 0.1) is 28.6 Å². The van der Waals surface area contributed by atoms with Crippen molar-refractivity contribution in [3.63, 3.8) is 0 Å². The molecule has 0 saturated carbocycles. The van der Waals surface area contributed by atoms with Crippen molar-refractivity contribution in [1.29, 1.82) is 0 Å². The van der Waals surface area contributed by atoms with Crippen molar-refractivity contribution in [3.8, 4) is 0 Å². The molecule has 2 aliphatic heterocycles. The first-order valence-corrected chi connectivity index (χ1v) is 10.7. The zero-order chi connectivity index (χ0) is 22.6. The quantitative estimate of drug-likeness (QED) is 0.508. The molecule has 2 aliphatic rings. The Balaban J connectivity index is 1.79. The van der Waals surface area contributed by atoms with E-state index in [2.05, 4.69) is 4.98 Å². The average molecular weight is 459 g/mol. The van der Waals surface area contributed by atoms with Crippen LogP contribution in [0, 0.1) is 10.1 Å². The molecule has 1 unspecified atom stereocenters. The van der Waals surface area contributed by atoms with Crippen molar-refractivity contribution in [2.45, 2.75) is 51.2 Å². The lowest BCUT2D eigenvalue weighted by Crippen LogP contribution is -2.45. The predicted octanol–water partition coefficient (Wildman–Crippen LogP) is 3.88. The van der Waals surface area contributed by atoms with Gasteiger partial charge in [0.25, 0.3) is 11.2 Å². The lowest BCUT2D eigenvalue weighted by Gasteiger charge is -2.38. The summed E-state index contributed by atoms with van der Waals surface area (Å²) in [6, 6.07) is 0.522. The average Bonchev–Trinajstić information content (AvgIpc) is 3.06. The number of piperidine rings is 1. The molecule has 0 bridgehead atoms.